The summed E-state index contributed by atoms with van der Waals surface area (Å²) >= 11 is 0. The Morgan fingerprint density at radius 3 is 2.92 bits per heavy atom. The Hall–Kier alpha value is -3.76. The van der Waals surface area contributed by atoms with E-state index in [-0.39, 0.29) is 12.0 Å². The minimum absolute atomic E-state index is 0.138. The van der Waals surface area contributed by atoms with E-state index in [0.29, 0.717) is 41.8 Å². The molecule has 2 aliphatic rings. The van der Waals surface area contributed by atoms with E-state index in [9.17, 15) is 4.79 Å². The highest BCUT2D eigenvalue weighted by Crippen LogP contribution is 2.26. The summed E-state index contributed by atoms with van der Waals surface area (Å²) in [7, 11) is 0. The van der Waals surface area contributed by atoms with Crippen LogP contribution in [0.2, 0.25) is 0 Å². The number of aryl methyl sites for hydroxylation is 1. The van der Waals surface area contributed by atoms with Gasteiger partial charge in [0.2, 0.25) is 11.7 Å². The first-order valence-corrected chi connectivity index (χ1v) is 13.8. The number of hydrogen-bond acceptors (Lipinski definition) is 8. The molecule has 0 bridgehead atoms. The number of ether oxygens (including phenoxy) is 2. The Kier molecular flexibility index (Phi) is 7.55. The van der Waals surface area contributed by atoms with Crippen molar-refractivity contribution in [1.29, 1.82) is 0 Å². The molecule has 0 radical (unpaired) electrons. The largest absolute Gasteiger partial charge is 0.493 e. The Morgan fingerprint density at radius 2 is 2.08 bits per heavy atom. The molecule has 10 nitrogen and oxygen atoms in total. The lowest BCUT2D eigenvalue weighted by atomic mass is 10.1. The fourth-order valence-corrected chi connectivity index (χ4v) is 5.24. The summed E-state index contributed by atoms with van der Waals surface area (Å²) in [5.74, 6) is 1.54. The van der Waals surface area contributed by atoms with Gasteiger partial charge in [-0.05, 0) is 69.8 Å². The van der Waals surface area contributed by atoms with Gasteiger partial charge in [-0.1, -0.05) is 17.3 Å². The van der Waals surface area contributed by atoms with Crippen molar-refractivity contribution in [2.24, 2.45) is 0 Å². The Morgan fingerprint density at radius 1 is 1.18 bits per heavy atom. The summed E-state index contributed by atoms with van der Waals surface area (Å²) in [6.45, 7) is 6.85. The van der Waals surface area contributed by atoms with Crippen molar-refractivity contribution in [2.75, 3.05) is 38.2 Å². The van der Waals surface area contributed by atoms with E-state index in [4.69, 9.17) is 14.0 Å². The number of pyridine rings is 1. The van der Waals surface area contributed by atoms with Crippen molar-refractivity contribution in [3.63, 3.8) is 0 Å². The standard InChI is InChI=1S/C29H34N6O4/c1-20-7-8-21(28-32-27(39-33-28)18-22-6-4-14-37-22)16-24(20)31-29(36)25-19-30-26-17-23(9-13-35(25)26)38-15-5-12-34-10-2-3-11-34/h7-9,13,16-17,19,22H,2-6,10-12,14-15,18H2,1H3,(H,31,36). The number of amides is 1. The van der Waals surface area contributed by atoms with E-state index in [1.165, 1.54) is 25.9 Å². The van der Waals surface area contributed by atoms with Crippen molar-refractivity contribution in [3.05, 3.63) is 59.9 Å². The number of imidazole rings is 1. The van der Waals surface area contributed by atoms with Crippen LogP contribution in [0, 0.1) is 6.92 Å². The van der Waals surface area contributed by atoms with Crippen molar-refractivity contribution in [2.45, 2.75) is 51.6 Å². The topological polar surface area (TPSA) is 107 Å². The third-order valence-electron chi connectivity index (χ3n) is 7.44. The number of hydrogen-bond donors (Lipinski definition) is 1. The van der Waals surface area contributed by atoms with Crippen LogP contribution in [-0.4, -0.2) is 69.3 Å². The first-order valence-electron chi connectivity index (χ1n) is 13.8. The van der Waals surface area contributed by atoms with E-state index >= 15 is 0 Å². The normalized spacial score (nSPS) is 17.7. The van der Waals surface area contributed by atoms with Crippen molar-refractivity contribution in [3.8, 4) is 17.1 Å². The molecule has 1 amide bonds. The van der Waals surface area contributed by atoms with Crippen molar-refractivity contribution < 1.29 is 18.8 Å². The summed E-state index contributed by atoms with van der Waals surface area (Å²) in [6, 6.07) is 9.46. The van der Waals surface area contributed by atoms with Crippen LogP contribution in [0.5, 0.6) is 5.75 Å². The molecule has 6 rings (SSSR count). The van der Waals surface area contributed by atoms with Gasteiger partial charge in [0.25, 0.3) is 5.91 Å². The zero-order valence-electron chi connectivity index (χ0n) is 22.3. The molecule has 0 spiro atoms. The molecule has 4 aromatic rings. The van der Waals surface area contributed by atoms with Crippen molar-refractivity contribution in [1.82, 2.24) is 24.4 Å². The minimum Gasteiger partial charge on any atom is -0.493 e. The van der Waals surface area contributed by atoms with E-state index in [1.54, 1.807) is 10.6 Å². The van der Waals surface area contributed by atoms with Gasteiger partial charge in [0.15, 0.2) is 0 Å². The van der Waals surface area contributed by atoms with Crippen molar-refractivity contribution >= 4 is 17.2 Å². The first-order chi connectivity index (χ1) is 19.1. The molecule has 1 aromatic carbocycles. The van der Waals surface area contributed by atoms with Gasteiger partial charge in [-0.15, -0.1) is 0 Å². The molecule has 0 aliphatic carbocycles. The van der Waals surface area contributed by atoms with Crippen LogP contribution >= 0.6 is 0 Å². The van der Waals surface area contributed by atoms with Gasteiger partial charge in [-0.3, -0.25) is 9.20 Å². The summed E-state index contributed by atoms with van der Waals surface area (Å²) in [6.07, 6.45) is 9.82. The predicted octanol–water partition coefficient (Wildman–Crippen LogP) is 4.53. The van der Waals surface area contributed by atoms with Crippen LogP contribution in [0.15, 0.2) is 47.2 Å². The molecule has 204 valence electrons. The SMILES string of the molecule is Cc1ccc(-c2noc(CC3CCCO3)n2)cc1NC(=O)c1cnc2cc(OCCCN3CCCC3)ccn12. The third kappa shape index (κ3) is 5.97. The second-order valence-corrected chi connectivity index (χ2v) is 10.3. The molecule has 1 unspecified atom stereocenters. The number of nitrogens with one attached hydrogen (secondary N) is 1. The summed E-state index contributed by atoms with van der Waals surface area (Å²) in [4.78, 5) is 24.7. The fraction of sp³-hybridized carbons (Fsp3) is 0.448. The van der Waals surface area contributed by atoms with Crippen LogP contribution in [0.4, 0.5) is 5.69 Å². The molecule has 5 heterocycles. The van der Waals surface area contributed by atoms with Gasteiger partial charge in [0.05, 0.1) is 25.3 Å². The summed E-state index contributed by atoms with van der Waals surface area (Å²) in [5.41, 5.74) is 3.47. The van der Waals surface area contributed by atoms with Gasteiger partial charge in [-0.2, -0.15) is 4.98 Å². The molecule has 39 heavy (non-hydrogen) atoms. The lowest BCUT2D eigenvalue weighted by molar-refractivity contribution is 0.102. The van der Waals surface area contributed by atoms with Gasteiger partial charge in [0, 0.05) is 36.7 Å². The first kappa shape index (κ1) is 25.5. The maximum absolute atomic E-state index is 13.2. The molecule has 10 heteroatoms. The lowest BCUT2D eigenvalue weighted by Gasteiger charge is -2.14. The highest BCUT2D eigenvalue weighted by molar-refractivity contribution is 6.04. The molecule has 2 fully saturated rings. The van der Waals surface area contributed by atoms with E-state index in [0.717, 1.165) is 49.3 Å². The highest BCUT2D eigenvalue weighted by Gasteiger charge is 2.20. The average Bonchev–Trinajstić information content (AvgIpc) is 3.76. The van der Waals surface area contributed by atoms with Crippen LogP contribution in [0.1, 0.15) is 54.0 Å². The quantitative estimate of drug-likeness (QED) is 0.298. The maximum atomic E-state index is 13.2. The molecule has 1 atom stereocenters. The number of fused-ring (bicyclic) bond motifs is 1. The number of anilines is 1. The van der Waals surface area contributed by atoms with Crippen LogP contribution in [0.25, 0.3) is 17.0 Å². The fourth-order valence-electron chi connectivity index (χ4n) is 5.24. The minimum atomic E-state index is -0.255. The number of rotatable bonds is 10. The van der Waals surface area contributed by atoms with Crippen LogP contribution < -0.4 is 10.1 Å². The van der Waals surface area contributed by atoms with E-state index < -0.39 is 0 Å². The van der Waals surface area contributed by atoms with E-state index in [2.05, 4.69) is 25.3 Å². The van der Waals surface area contributed by atoms with Gasteiger partial charge in [0.1, 0.15) is 17.1 Å². The number of likely N-dealkylation sites (tertiary alicyclic amines) is 1. The van der Waals surface area contributed by atoms with E-state index in [1.807, 2.05) is 43.5 Å². The molecule has 2 aliphatic heterocycles. The second kappa shape index (κ2) is 11.5. The maximum Gasteiger partial charge on any atom is 0.274 e. The number of nitrogens with zero attached hydrogens (tertiary/aromatic N) is 5. The smallest absolute Gasteiger partial charge is 0.274 e. The lowest BCUT2D eigenvalue weighted by Crippen LogP contribution is -2.21. The average molecular weight is 531 g/mol. The molecular weight excluding hydrogens is 496 g/mol. The molecular formula is C29H34N6O4. The van der Waals surface area contributed by atoms with Gasteiger partial charge >= 0.3 is 0 Å². The number of benzene rings is 1. The van der Waals surface area contributed by atoms with Crippen LogP contribution in [-0.2, 0) is 11.2 Å². The Bertz CT molecular complexity index is 1430. The van der Waals surface area contributed by atoms with Gasteiger partial charge in [-0.25, -0.2) is 4.98 Å². The Balaban J connectivity index is 1.10. The molecule has 3 aromatic heterocycles. The summed E-state index contributed by atoms with van der Waals surface area (Å²) < 4.78 is 18.8. The summed E-state index contributed by atoms with van der Waals surface area (Å²) in [5, 5.41) is 7.16. The monoisotopic (exact) mass is 530 g/mol. The zero-order valence-corrected chi connectivity index (χ0v) is 22.3. The van der Waals surface area contributed by atoms with Gasteiger partial charge < -0.3 is 24.2 Å². The number of aromatic nitrogens is 4. The second-order valence-electron chi connectivity index (χ2n) is 10.3. The number of carbonyl (C=O) groups excluding carboxylic acids is 1. The van der Waals surface area contributed by atoms with Crippen LogP contribution in [0.3, 0.4) is 0 Å². The zero-order chi connectivity index (χ0) is 26.6. The molecule has 0 saturated carbocycles. The number of carbonyl (C=O) groups is 1. The molecule has 1 N–H and O–H groups in total. The predicted molar refractivity (Wildman–Crippen MR) is 146 cm³/mol. The Labute approximate surface area is 227 Å². The highest BCUT2D eigenvalue weighted by atomic mass is 16.5. The molecule has 2 saturated heterocycles. The third-order valence-corrected chi connectivity index (χ3v) is 7.44.